The van der Waals surface area contributed by atoms with E-state index >= 15 is 0 Å². The number of ether oxygens (including phenoxy) is 2. The van der Waals surface area contributed by atoms with Crippen LogP contribution in [-0.2, 0) is 9.53 Å². The van der Waals surface area contributed by atoms with Gasteiger partial charge in [-0.25, -0.2) is 4.79 Å². The molecule has 132 valence electrons. The number of carboxylic acid groups (broad SMARTS) is 1. The largest absolute Gasteiger partial charge is 0.497 e. The van der Waals surface area contributed by atoms with Crippen molar-refractivity contribution in [3.05, 3.63) is 23.8 Å². The van der Waals surface area contributed by atoms with Crippen LogP contribution >= 0.6 is 0 Å². The van der Waals surface area contributed by atoms with Crippen molar-refractivity contribution in [1.82, 2.24) is 0 Å². The second-order valence-electron chi connectivity index (χ2n) is 7.70. The molecular formula is C18H25NO5. The van der Waals surface area contributed by atoms with Gasteiger partial charge in [-0.15, -0.1) is 0 Å². The number of nitrogens with one attached hydrogen (secondary N) is 1. The van der Waals surface area contributed by atoms with Gasteiger partial charge in [0.05, 0.1) is 18.7 Å². The molecule has 6 nitrogen and oxygen atoms in total. The molecule has 0 radical (unpaired) electrons. The van der Waals surface area contributed by atoms with Gasteiger partial charge in [0.1, 0.15) is 11.4 Å². The molecule has 0 spiro atoms. The first kappa shape index (κ1) is 18.1. The van der Waals surface area contributed by atoms with E-state index in [0.29, 0.717) is 11.4 Å². The van der Waals surface area contributed by atoms with Gasteiger partial charge in [-0.1, -0.05) is 19.9 Å². The number of anilines is 1. The SMILES string of the molecule is COc1ccc(C2C(C(=O)O)C2(C)C)c(NC(=O)OC(C)(C)C)c1. The number of rotatable bonds is 4. The monoisotopic (exact) mass is 335 g/mol. The molecule has 1 saturated carbocycles. The number of benzene rings is 1. The van der Waals surface area contributed by atoms with Crippen molar-refractivity contribution in [3.63, 3.8) is 0 Å². The molecule has 24 heavy (non-hydrogen) atoms. The number of amides is 1. The average molecular weight is 335 g/mol. The fraction of sp³-hybridized carbons (Fsp3) is 0.556. The van der Waals surface area contributed by atoms with Crippen LogP contribution in [0.3, 0.4) is 0 Å². The summed E-state index contributed by atoms with van der Waals surface area (Å²) in [6.45, 7) is 9.17. The van der Waals surface area contributed by atoms with Crippen molar-refractivity contribution in [2.45, 2.75) is 46.1 Å². The van der Waals surface area contributed by atoms with Gasteiger partial charge in [0.2, 0.25) is 0 Å². The van der Waals surface area contributed by atoms with Gasteiger partial charge in [-0.05, 0) is 37.8 Å². The van der Waals surface area contributed by atoms with E-state index in [2.05, 4.69) is 5.32 Å². The van der Waals surface area contributed by atoms with E-state index in [1.807, 2.05) is 13.8 Å². The Kier molecular flexibility index (Phi) is 4.52. The number of carbonyl (C=O) groups is 2. The van der Waals surface area contributed by atoms with Crippen LogP contribution in [-0.4, -0.2) is 29.9 Å². The summed E-state index contributed by atoms with van der Waals surface area (Å²) in [4.78, 5) is 23.6. The maximum absolute atomic E-state index is 12.1. The molecule has 1 aromatic rings. The summed E-state index contributed by atoms with van der Waals surface area (Å²) in [6, 6.07) is 5.26. The van der Waals surface area contributed by atoms with Crippen LogP contribution in [0, 0.1) is 11.3 Å². The lowest BCUT2D eigenvalue weighted by atomic mass is 10.0. The molecule has 2 N–H and O–H groups in total. The number of methoxy groups -OCH3 is 1. The summed E-state index contributed by atoms with van der Waals surface area (Å²) in [7, 11) is 1.54. The van der Waals surface area contributed by atoms with E-state index in [1.165, 1.54) is 7.11 Å². The Morgan fingerprint density at radius 2 is 1.88 bits per heavy atom. The van der Waals surface area contributed by atoms with Crippen molar-refractivity contribution in [2.24, 2.45) is 11.3 Å². The standard InChI is InChI=1S/C18H25NO5/c1-17(2,3)24-16(22)19-12-9-10(23-6)7-8-11(12)13-14(15(20)21)18(13,4)5/h7-9,13-14H,1-6H3,(H,19,22)(H,20,21). The molecule has 0 aliphatic heterocycles. The number of hydrogen-bond acceptors (Lipinski definition) is 4. The Balaban J connectivity index is 2.33. The van der Waals surface area contributed by atoms with Crippen LogP contribution in [0.1, 0.15) is 46.1 Å². The first-order valence-electron chi connectivity index (χ1n) is 7.88. The van der Waals surface area contributed by atoms with Crippen LogP contribution in [0.4, 0.5) is 10.5 Å². The van der Waals surface area contributed by atoms with Gasteiger partial charge in [-0.3, -0.25) is 10.1 Å². The van der Waals surface area contributed by atoms with Gasteiger partial charge in [0, 0.05) is 12.0 Å². The van der Waals surface area contributed by atoms with E-state index in [-0.39, 0.29) is 11.3 Å². The fourth-order valence-electron chi connectivity index (χ4n) is 3.13. The van der Waals surface area contributed by atoms with Gasteiger partial charge < -0.3 is 14.6 Å². The summed E-state index contributed by atoms with van der Waals surface area (Å²) >= 11 is 0. The Morgan fingerprint density at radius 1 is 1.25 bits per heavy atom. The Morgan fingerprint density at radius 3 is 2.33 bits per heavy atom. The molecule has 0 heterocycles. The summed E-state index contributed by atoms with van der Waals surface area (Å²) in [6.07, 6.45) is -0.581. The molecule has 1 amide bonds. The number of hydrogen-bond donors (Lipinski definition) is 2. The molecule has 1 aromatic carbocycles. The predicted octanol–water partition coefficient (Wildman–Crippen LogP) is 3.87. The third kappa shape index (κ3) is 3.63. The minimum atomic E-state index is -0.830. The van der Waals surface area contributed by atoms with Crippen LogP contribution in [0.5, 0.6) is 5.75 Å². The minimum absolute atomic E-state index is 0.175. The summed E-state index contributed by atoms with van der Waals surface area (Å²) in [5.74, 6) is -0.907. The predicted molar refractivity (Wildman–Crippen MR) is 90.5 cm³/mol. The number of carboxylic acids is 1. The Hall–Kier alpha value is -2.24. The second kappa shape index (κ2) is 6.00. The lowest BCUT2D eigenvalue weighted by Crippen LogP contribution is -2.27. The van der Waals surface area contributed by atoms with E-state index < -0.39 is 23.6 Å². The van der Waals surface area contributed by atoms with E-state index in [1.54, 1.807) is 39.0 Å². The molecule has 2 atom stereocenters. The van der Waals surface area contributed by atoms with Gasteiger partial charge in [0.25, 0.3) is 0 Å². The van der Waals surface area contributed by atoms with Gasteiger partial charge in [-0.2, -0.15) is 0 Å². The lowest BCUT2D eigenvalue weighted by Gasteiger charge is -2.21. The maximum Gasteiger partial charge on any atom is 0.412 e. The second-order valence-corrected chi connectivity index (χ2v) is 7.70. The fourth-order valence-corrected chi connectivity index (χ4v) is 3.13. The quantitative estimate of drug-likeness (QED) is 0.872. The maximum atomic E-state index is 12.1. The molecule has 1 aliphatic carbocycles. The van der Waals surface area contributed by atoms with E-state index in [0.717, 1.165) is 5.56 Å². The average Bonchev–Trinajstić information content (AvgIpc) is 2.99. The van der Waals surface area contributed by atoms with E-state index in [4.69, 9.17) is 9.47 Å². The first-order valence-corrected chi connectivity index (χ1v) is 7.88. The molecule has 1 aliphatic rings. The van der Waals surface area contributed by atoms with Crippen molar-refractivity contribution in [1.29, 1.82) is 0 Å². The van der Waals surface area contributed by atoms with Gasteiger partial charge in [0.15, 0.2) is 0 Å². The molecule has 2 rings (SSSR count). The van der Waals surface area contributed by atoms with Crippen molar-refractivity contribution in [3.8, 4) is 5.75 Å². The van der Waals surface area contributed by atoms with Crippen molar-refractivity contribution < 1.29 is 24.2 Å². The molecule has 0 saturated heterocycles. The molecule has 6 heteroatoms. The number of carbonyl (C=O) groups excluding carboxylic acids is 1. The highest BCUT2D eigenvalue weighted by Crippen LogP contribution is 2.65. The van der Waals surface area contributed by atoms with Crippen LogP contribution in [0.25, 0.3) is 0 Å². The minimum Gasteiger partial charge on any atom is -0.497 e. The topological polar surface area (TPSA) is 84.9 Å². The third-order valence-corrected chi connectivity index (χ3v) is 4.32. The lowest BCUT2D eigenvalue weighted by molar-refractivity contribution is -0.139. The zero-order valence-corrected chi connectivity index (χ0v) is 15.0. The molecule has 2 unspecified atom stereocenters. The van der Waals surface area contributed by atoms with Crippen LogP contribution < -0.4 is 10.1 Å². The first-order chi connectivity index (χ1) is 11.0. The molecule has 1 fully saturated rings. The zero-order chi connectivity index (χ0) is 18.3. The highest BCUT2D eigenvalue weighted by molar-refractivity contribution is 5.88. The van der Waals surface area contributed by atoms with E-state index in [9.17, 15) is 14.7 Å². The normalized spacial score (nSPS) is 21.8. The molecular weight excluding hydrogens is 310 g/mol. The Labute approximate surface area is 142 Å². The van der Waals surface area contributed by atoms with Gasteiger partial charge >= 0.3 is 12.1 Å². The van der Waals surface area contributed by atoms with Crippen molar-refractivity contribution in [2.75, 3.05) is 12.4 Å². The summed E-state index contributed by atoms with van der Waals surface area (Å²) in [5, 5.41) is 12.1. The van der Waals surface area contributed by atoms with Crippen molar-refractivity contribution >= 4 is 17.7 Å². The number of aliphatic carboxylic acids is 1. The van der Waals surface area contributed by atoms with Crippen LogP contribution in [0.2, 0.25) is 0 Å². The molecule has 0 aromatic heterocycles. The summed E-state index contributed by atoms with van der Waals surface area (Å²) < 4.78 is 10.5. The third-order valence-electron chi connectivity index (χ3n) is 4.32. The molecule has 0 bridgehead atoms. The highest BCUT2D eigenvalue weighted by atomic mass is 16.6. The van der Waals surface area contributed by atoms with Crippen LogP contribution in [0.15, 0.2) is 18.2 Å². The highest BCUT2D eigenvalue weighted by Gasteiger charge is 2.63. The summed E-state index contributed by atoms with van der Waals surface area (Å²) in [5.41, 5.74) is 0.306. The zero-order valence-electron chi connectivity index (χ0n) is 15.0. The Bertz CT molecular complexity index is 660. The smallest absolute Gasteiger partial charge is 0.412 e.